The molecule has 0 aliphatic heterocycles. The minimum atomic E-state index is -0.580. The standard InChI is InChI=1S/C12H19N3O/c1-15(2)9-8-14-12(16)11(13)10-6-4-3-5-7-10/h3-7,11H,8-9,13H2,1-2H3,(H,14,16)/t11-/m0/s1. The number of hydrogen-bond donors (Lipinski definition) is 2. The minimum absolute atomic E-state index is 0.131. The third kappa shape index (κ3) is 4.00. The van der Waals surface area contributed by atoms with Crippen molar-refractivity contribution in [2.45, 2.75) is 6.04 Å². The molecule has 1 aromatic carbocycles. The summed E-state index contributed by atoms with van der Waals surface area (Å²) in [6.45, 7) is 1.43. The normalized spacial score (nSPS) is 12.5. The Hall–Kier alpha value is -1.39. The SMILES string of the molecule is CN(C)CCNC(=O)[C@@H](N)c1ccccc1. The molecule has 0 heterocycles. The zero-order valence-corrected chi connectivity index (χ0v) is 9.81. The fourth-order valence-corrected chi connectivity index (χ4v) is 1.32. The summed E-state index contributed by atoms with van der Waals surface area (Å²) in [4.78, 5) is 13.7. The number of nitrogens with zero attached hydrogens (tertiary/aromatic N) is 1. The summed E-state index contributed by atoms with van der Waals surface area (Å²) in [7, 11) is 3.92. The van der Waals surface area contributed by atoms with Crippen LogP contribution in [0.25, 0.3) is 0 Å². The van der Waals surface area contributed by atoms with E-state index >= 15 is 0 Å². The molecule has 1 amide bonds. The van der Waals surface area contributed by atoms with Gasteiger partial charge in [0.1, 0.15) is 6.04 Å². The van der Waals surface area contributed by atoms with Crippen molar-refractivity contribution in [3.8, 4) is 0 Å². The number of likely N-dealkylation sites (N-methyl/N-ethyl adjacent to an activating group) is 1. The van der Waals surface area contributed by atoms with E-state index in [1.54, 1.807) is 0 Å². The van der Waals surface area contributed by atoms with Crippen molar-refractivity contribution in [3.63, 3.8) is 0 Å². The number of carbonyl (C=O) groups excluding carboxylic acids is 1. The molecule has 0 aliphatic rings. The molecule has 0 unspecified atom stereocenters. The van der Waals surface area contributed by atoms with Crippen molar-refractivity contribution in [1.82, 2.24) is 10.2 Å². The molecular formula is C12H19N3O. The molecular weight excluding hydrogens is 202 g/mol. The van der Waals surface area contributed by atoms with Crippen LogP contribution >= 0.6 is 0 Å². The molecule has 0 saturated carbocycles. The lowest BCUT2D eigenvalue weighted by Crippen LogP contribution is -2.37. The Balaban J connectivity index is 2.43. The predicted octanol–water partition coefficient (Wildman–Crippen LogP) is 0.364. The average Bonchev–Trinajstić information content (AvgIpc) is 2.28. The Kier molecular flexibility index (Phi) is 4.95. The van der Waals surface area contributed by atoms with Crippen LogP contribution in [0.2, 0.25) is 0 Å². The fraction of sp³-hybridized carbons (Fsp3) is 0.417. The third-order valence-electron chi connectivity index (χ3n) is 2.30. The number of rotatable bonds is 5. The van der Waals surface area contributed by atoms with Gasteiger partial charge in [0, 0.05) is 13.1 Å². The second-order valence-electron chi connectivity index (χ2n) is 3.98. The van der Waals surface area contributed by atoms with E-state index < -0.39 is 6.04 Å². The Morgan fingerprint density at radius 1 is 1.38 bits per heavy atom. The molecule has 1 aromatic rings. The van der Waals surface area contributed by atoms with Gasteiger partial charge in [-0.25, -0.2) is 0 Å². The number of nitrogens with one attached hydrogen (secondary N) is 1. The molecule has 0 fully saturated rings. The van der Waals surface area contributed by atoms with Crippen LogP contribution in [0.4, 0.5) is 0 Å². The van der Waals surface area contributed by atoms with Crippen LogP contribution in [-0.2, 0) is 4.79 Å². The number of hydrogen-bond acceptors (Lipinski definition) is 3. The van der Waals surface area contributed by atoms with Gasteiger partial charge in [-0.3, -0.25) is 4.79 Å². The summed E-state index contributed by atoms with van der Waals surface area (Å²) in [5, 5.41) is 2.81. The highest BCUT2D eigenvalue weighted by Gasteiger charge is 2.14. The molecule has 4 heteroatoms. The summed E-state index contributed by atoms with van der Waals surface area (Å²) < 4.78 is 0. The molecule has 0 saturated heterocycles. The Labute approximate surface area is 96.4 Å². The Morgan fingerprint density at radius 3 is 2.56 bits per heavy atom. The van der Waals surface area contributed by atoms with Gasteiger partial charge in [-0.2, -0.15) is 0 Å². The van der Waals surface area contributed by atoms with Gasteiger partial charge in [0.25, 0.3) is 0 Å². The molecule has 3 N–H and O–H groups in total. The van der Waals surface area contributed by atoms with Gasteiger partial charge in [0.15, 0.2) is 0 Å². The van der Waals surface area contributed by atoms with Gasteiger partial charge >= 0.3 is 0 Å². The Bertz CT molecular complexity index is 324. The zero-order valence-electron chi connectivity index (χ0n) is 9.81. The molecule has 1 rings (SSSR count). The van der Waals surface area contributed by atoms with Crippen LogP contribution in [0, 0.1) is 0 Å². The molecule has 0 spiro atoms. The van der Waals surface area contributed by atoms with E-state index in [0.29, 0.717) is 6.54 Å². The number of nitrogens with two attached hydrogens (primary N) is 1. The maximum Gasteiger partial charge on any atom is 0.241 e. The van der Waals surface area contributed by atoms with E-state index in [1.165, 1.54) is 0 Å². The molecule has 16 heavy (non-hydrogen) atoms. The van der Waals surface area contributed by atoms with Crippen LogP contribution in [-0.4, -0.2) is 38.0 Å². The molecule has 0 aromatic heterocycles. The lowest BCUT2D eigenvalue weighted by molar-refractivity contribution is -0.122. The topological polar surface area (TPSA) is 58.4 Å². The molecule has 0 bridgehead atoms. The second-order valence-corrected chi connectivity index (χ2v) is 3.98. The van der Waals surface area contributed by atoms with Crippen molar-refractivity contribution in [1.29, 1.82) is 0 Å². The smallest absolute Gasteiger partial charge is 0.241 e. The fourth-order valence-electron chi connectivity index (χ4n) is 1.32. The van der Waals surface area contributed by atoms with Gasteiger partial charge in [-0.05, 0) is 19.7 Å². The number of amides is 1. The summed E-state index contributed by atoms with van der Waals surface area (Å²) >= 11 is 0. The minimum Gasteiger partial charge on any atom is -0.353 e. The van der Waals surface area contributed by atoms with Gasteiger partial charge < -0.3 is 16.0 Å². The third-order valence-corrected chi connectivity index (χ3v) is 2.30. The van der Waals surface area contributed by atoms with Crippen molar-refractivity contribution >= 4 is 5.91 Å². The molecule has 0 radical (unpaired) electrons. The van der Waals surface area contributed by atoms with Crippen molar-refractivity contribution in [3.05, 3.63) is 35.9 Å². The van der Waals surface area contributed by atoms with Crippen LogP contribution in [0.1, 0.15) is 11.6 Å². The monoisotopic (exact) mass is 221 g/mol. The second kappa shape index (κ2) is 6.25. The highest BCUT2D eigenvalue weighted by Crippen LogP contribution is 2.08. The maximum absolute atomic E-state index is 11.7. The zero-order chi connectivity index (χ0) is 12.0. The van der Waals surface area contributed by atoms with Gasteiger partial charge in [-0.1, -0.05) is 30.3 Å². The van der Waals surface area contributed by atoms with E-state index in [2.05, 4.69) is 5.32 Å². The highest BCUT2D eigenvalue weighted by molar-refractivity contribution is 5.82. The van der Waals surface area contributed by atoms with Crippen LogP contribution < -0.4 is 11.1 Å². The largest absolute Gasteiger partial charge is 0.353 e. The number of carbonyl (C=O) groups is 1. The quantitative estimate of drug-likeness (QED) is 0.755. The van der Waals surface area contributed by atoms with Gasteiger partial charge in [0.05, 0.1) is 0 Å². The molecule has 4 nitrogen and oxygen atoms in total. The van der Waals surface area contributed by atoms with E-state index in [4.69, 9.17) is 5.73 Å². The first-order valence-electron chi connectivity index (χ1n) is 5.34. The summed E-state index contributed by atoms with van der Waals surface area (Å²) in [5.41, 5.74) is 6.67. The summed E-state index contributed by atoms with van der Waals surface area (Å²) in [6.07, 6.45) is 0. The van der Waals surface area contributed by atoms with Crippen LogP contribution in [0.3, 0.4) is 0 Å². The van der Waals surface area contributed by atoms with Gasteiger partial charge in [-0.15, -0.1) is 0 Å². The predicted molar refractivity (Wildman–Crippen MR) is 64.9 cm³/mol. The number of benzene rings is 1. The van der Waals surface area contributed by atoms with E-state index in [1.807, 2.05) is 49.3 Å². The first kappa shape index (κ1) is 12.7. The maximum atomic E-state index is 11.7. The Morgan fingerprint density at radius 2 is 2.00 bits per heavy atom. The molecule has 1 atom stereocenters. The molecule has 88 valence electrons. The highest BCUT2D eigenvalue weighted by atomic mass is 16.2. The first-order valence-corrected chi connectivity index (χ1v) is 5.34. The van der Waals surface area contributed by atoms with Crippen LogP contribution in [0.5, 0.6) is 0 Å². The van der Waals surface area contributed by atoms with Crippen LogP contribution in [0.15, 0.2) is 30.3 Å². The average molecular weight is 221 g/mol. The van der Waals surface area contributed by atoms with Crippen molar-refractivity contribution < 1.29 is 4.79 Å². The van der Waals surface area contributed by atoms with E-state index in [9.17, 15) is 4.79 Å². The van der Waals surface area contributed by atoms with E-state index in [0.717, 1.165) is 12.1 Å². The van der Waals surface area contributed by atoms with Gasteiger partial charge in [0.2, 0.25) is 5.91 Å². The van der Waals surface area contributed by atoms with Crippen molar-refractivity contribution in [2.24, 2.45) is 5.73 Å². The first-order chi connectivity index (χ1) is 7.61. The van der Waals surface area contributed by atoms with E-state index in [-0.39, 0.29) is 5.91 Å². The summed E-state index contributed by atoms with van der Waals surface area (Å²) in [6, 6.07) is 8.79. The lowest BCUT2D eigenvalue weighted by Gasteiger charge is -2.14. The summed E-state index contributed by atoms with van der Waals surface area (Å²) in [5.74, 6) is -0.131. The van der Waals surface area contributed by atoms with Crippen molar-refractivity contribution in [2.75, 3.05) is 27.2 Å². The lowest BCUT2D eigenvalue weighted by atomic mass is 10.1. The molecule has 0 aliphatic carbocycles.